The van der Waals surface area contributed by atoms with Crippen LogP contribution >= 0.6 is 0 Å². The lowest BCUT2D eigenvalue weighted by atomic mass is 9.91. The van der Waals surface area contributed by atoms with Gasteiger partial charge in [-0.25, -0.2) is 0 Å². The van der Waals surface area contributed by atoms with Gasteiger partial charge in [-0.05, 0) is 25.7 Å². The zero-order valence-corrected chi connectivity index (χ0v) is 6.71. The van der Waals surface area contributed by atoms with Gasteiger partial charge in [0.2, 0.25) is 0 Å². The summed E-state index contributed by atoms with van der Waals surface area (Å²) in [4.78, 5) is 0. The third-order valence-corrected chi connectivity index (χ3v) is 2.10. The molecule has 0 aromatic rings. The molecule has 1 unspecified atom stereocenters. The second-order valence-corrected chi connectivity index (χ2v) is 3.10. The Morgan fingerprint density at radius 3 is 2.91 bits per heavy atom. The fourth-order valence-corrected chi connectivity index (χ4v) is 1.31. The highest BCUT2D eigenvalue weighted by Gasteiger charge is 2.21. The van der Waals surface area contributed by atoms with Crippen LogP contribution in [0.4, 0.5) is 0 Å². The smallest absolute Gasteiger partial charge is 0.128 e. The predicted octanol–water partition coefficient (Wildman–Crippen LogP) is 1.87. The highest BCUT2D eigenvalue weighted by Crippen LogP contribution is 2.21. The van der Waals surface area contributed by atoms with Crippen molar-refractivity contribution in [3.8, 4) is 12.3 Å². The Morgan fingerprint density at radius 2 is 2.18 bits per heavy atom. The highest BCUT2D eigenvalue weighted by atomic mass is 16.3. The fourth-order valence-electron chi connectivity index (χ4n) is 1.31. The van der Waals surface area contributed by atoms with E-state index in [1.807, 2.05) is 6.08 Å². The van der Waals surface area contributed by atoms with Gasteiger partial charge < -0.3 is 5.11 Å². The summed E-state index contributed by atoms with van der Waals surface area (Å²) in [6, 6.07) is 0. The van der Waals surface area contributed by atoms with Crippen LogP contribution in [0.3, 0.4) is 0 Å². The molecule has 0 spiro atoms. The third kappa shape index (κ3) is 2.40. The molecule has 1 N–H and O–H groups in total. The molecular formula is C10H14O. The monoisotopic (exact) mass is 150 g/mol. The van der Waals surface area contributed by atoms with Crippen molar-refractivity contribution in [2.45, 2.75) is 37.7 Å². The molecule has 1 nitrogen and oxygen atoms in total. The van der Waals surface area contributed by atoms with Gasteiger partial charge in [0.15, 0.2) is 0 Å². The summed E-state index contributed by atoms with van der Waals surface area (Å²) >= 11 is 0. The summed E-state index contributed by atoms with van der Waals surface area (Å²) in [6.07, 6.45) is 14.0. The summed E-state index contributed by atoms with van der Waals surface area (Å²) in [7, 11) is 0. The molecule has 0 aliphatic heterocycles. The predicted molar refractivity (Wildman–Crippen MR) is 46.0 cm³/mol. The van der Waals surface area contributed by atoms with Gasteiger partial charge in [0.05, 0.1) is 0 Å². The minimum Gasteiger partial charge on any atom is -0.377 e. The van der Waals surface area contributed by atoms with Crippen molar-refractivity contribution >= 4 is 0 Å². The molecule has 1 rings (SSSR count). The van der Waals surface area contributed by atoms with E-state index in [1.54, 1.807) is 0 Å². The molecule has 1 heteroatoms. The first-order valence-corrected chi connectivity index (χ1v) is 4.12. The van der Waals surface area contributed by atoms with E-state index in [2.05, 4.69) is 12.0 Å². The molecule has 1 aliphatic rings. The lowest BCUT2D eigenvalue weighted by Crippen LogP contribution is -2.25. The van der Waals surface area contributed by atoms with E-state index in [1.165, 1.54) is 0 Å². The first-order chi connectivity index (χ1) is 5.27. The Kier molecular flexibility index (Phi) is 2.73. The van der Waals surface area contributed by atoms with Crippen molar-refractivity contribution in [1.82, 2.24) is 0 Å². The van der Waals surface area contributed by atoms with Crippen LogP contribution in [0, 0.1) is 12.3 Å². The largest absolute Gasteiger partial charge is 0.377 e. The van der Waals surface area contributed by atoms with E-state index >= 15 is 0 Å². The van der Waals surface area contributed by atoms with E-state index in [0.717, 1.165) is 25.7 Å². The molecule has 11 heavy (non-hydrogen) atoms. The van der Waals surface area contributed by atoms with Crippen molar-refractivity contribution < 1.29 is 5.11 Å². The fraction of sp³-hybridized carbons (Fsp3) is 0.600. The van der Waals surface area contributed by atoms with Gasteiger partial charge in [0.25, 0.3) is 0 Å². The molecule has 1 atom stereocenters. The van der Waals surface area contributed by atoms with Crippen molar-refractivity contribution in [1.29, 1.82) is 0 Å². The summed E-state index contributed by atoms with van der Waals surface area (Å²) in [5.41, 5.74) is -0.864. The molecule has 1 aliphatic carbocycles. The number of hydrogen-bond donors (Lipinski definition) is 1. The van der Waals surface area contributed by atoms with Crippen LogP contribution in [-0.2, 0) is 0 Å². The van der Waals surface area contributed by atoms with Gasteiger partial charge in [0.1, 0.15) is 5.60 Å². The normalized spacial score (nSPS) is 32.0. The van der Waals surface area contributed by atoms with E-state index in [9.17, 15) is 5.11 Å². The van der Waals surface area contributed by atoms with E-state index in [0.29, 0.717) is 6.42 Å². The average Bonchev–Trinajstić information content (AvgIpc) is 1.98. The maximum Gasteiger partial charge on any atom is 0.128 e. The van der Waals surface area contributed by atoms with Crippen molar-refractivity contribution in [3.05, 3.63) is 12.2 Å². The average molecular weight is 150 g/mol. The van der Waals surface area contributed by atoms with Gasteiger partial charge in [0, 0.05) is 6.42 Å². The summed E-state index contributed by atoms with van der Waals surface area (Å²) in [5.74, 6) is 2.45. The van der Waals surface area contributed by atoms with Crippen LogP contribution in [0.2, 0.25) is 0 Å². The van der Waals surface area contributed by atoms with Gasteiger partial charge in [-0.1, -0.05) is 18.1 Å². The molecule has 0 heterocycles. The van der Waals surface area contributed by atoms with E-state index < -0.39 is 5.60 Å². The van der Waals surface area contributed by atoms with Crippen LogP contribution in [0.15, 0.2) is 12.2 Å². The quantitative estimate of drug-likeness (QED) is 0.413. The molecule has 0 saturated carbocycles. The second-order valence-electron chi connectivity index (χ2n) is 3.10. The topological polar surface area (TPSA) is 20.2 Å². The molecular weight excluding hydrogens is 136 g/mol. The summed E-state index contributed by atoms with van der Waals surface area (Å²) in [5, 5.41) is 9.70. The number of rotatable bonds is 0. The first-order valence-electron chi connectivity index (χ1n) is 4.12. The third-order valence-electron chi connectivity index (χ3n) is 2.10. The van der Waals surface area contributed by atoms with Crippen LogP contribution in [0.5, 0.6) is 0 Å². The van der Waals surface area contributed by atoms with Crippen LogP contribution < -0.4 is 0 Å². The minimum atomic E-state index is -0.864. The van der Waals surface area contributed by atoms with Gasteiger partial charge in [-0.2, -0.15) is 0 Å². The molecule has 0 radical (unpaired) electrons. The molecule has 0 fully saturated rings. The van der Waals surface area contributed by atoms with Gasteiger partial charge in [-0.3, -0.25) is 0 Å². The summed E-state index contributed by atoms with van der Waals surface area (Å²) < 4.78 is 0. The molecule has 0 aromatic carbocycles. The highest BCUT2D eigenvalue weighted by molar-refractivity contribution is 5.11. The molecule has 0 amide bonds. The Morgan fingerprint density at radius 1 is 1.36 bits per heavy atom. The first kappa shape index (κ1) is 8.36. The van der Waals surface area contributed by atoms with Crippen LogP contribution in [0.1, 0.15) is 32.1 Å². The standard InChI is InChI=1S/C10H14O/c1-2-10(11)8-6-4-3-5-7-9-10/h1,4,6,11H,3,5,7-9H2. The lowest BCUT2D eigenvalue weighted by molar-refractivity contribution is 0.0909. The number of terminal acetylenes is 1. The van der Waals surface area contributed by atoms with Crippen molar-refractivity contribution in [2.24, 2.45) is 0 Å². The zero-order chi connectivity index (χ0) is 8.16. The van der Waals surface area contributed by atoms with E-state index in [-0.39, 0.29) is 0 Å². The Balaban J connectivity index is 2.59. The number of aliphatic hydroxyl groups is 1. The Hall–Kier alpha value is -0.740. The molecule has 0 aromatic heterocycles. The zero-order valence-electron chi connectivity index (χ0n) is 6.71. The second kappa shape index (κ2) is 3.59. The number of allylic oxidation sites excluding steroid dienone is 1. The van der Waals surface area contributed by atoms with Crippen LogP contribution in [0.25, 0.3) is 0 Å². The minimum absolute atomic E-state index is 0.615. The van der Waals surface area contributed by atoms with Gasteiger partial charge in [-0.15, -0.1) is 6.42 Å². The summed E-state index contributed by atoms with van der Waals surface area (Å²) in [6.45, 7) is 0. The van der Waals surface area contributed by atoms with E-state index in [4.69, 9.17) is 6.42 Å². The maximum absolute atomic E-state index is 9.70. The Bertz CT molecular complexity index is 188. The molecule has 0 bridgehead atoms. The molecule has 60 valence electrons. The van der Waals surface area contributed by atoms with Crippen molar-refractivity contribution in [3.63, 3.8) is 0 Å². The number of hydrogen-bond acceptors (Lipinski definition) is 1. The lowest BCUT2D eigenvalue weighted by Gasteiger charge is -2.21. The van der Waals surface area contributed by atoms with Crippen molar-refractivity contribution in [2.75, 3.05) is 0 Å². The SMILES string of the molecule is C#CC1(O)CC=CCCCC1. The Labute approximate surface area is 68.1 Å². The van der Waals surface area contributed by atoms with Gasteiger partial charge >= 0.3 is 0 Å². The molecule has 0 saturated heterocycles. The maximum atomic E-state index is 9.70. The van der Waals surface area contributed by atoms with Crippen LogP contribution in [-0.4, -0.2) is 10.7 Å².